The van der Waals surface area contributed by atoms with Gasteiger partial charge in [-0.15, -0.1) is 0 Å². The smallest absolute Gasteiger partial charge is 0.254 e. The van der Waals surface area contributed by atoms with Crippen LogP contribution in [0, 0.1) is 5.82 Å². The normalized spacial score (nSPS) is 11.3. The molecule has 1 amide bonds. The van der Waals surface area contributed by atoms with E-state index in [1.807, 2.05) is 13.8 Å². The fourth-order valence-electron chi connectivity index (χ4n) is 1.72. The highest BCUT2D eigenvalue weighted by Gasteiger charge is 2.27. The number of halogens is 1. The molecule has 1 rings (SSSR count). The third-order valence-electron chi connectivity index (χ3n) is 3.24. The van der Waals surface area contributed by atoms with Gasteiger partial charge in [-0.1, -0.05) is 26.0 Å². The molecule has 3 N–H and O–H groups in total. The Bertz CT molecular complexity index is 380. The van der Waals surface area contributed by atoms with Crippen LogP contribution < -0.4 is 11.1 Å². The Labute approximate surface area is 101 Å². The van der Waals surface area contributed by atoms with Crippen LogP contribution >= 0.6 is 0 Å². The van der Waals surface area contributed by atoms with E-state index in [4.69, 9.17) is 5.73 Å². The average molecular weight is 238 g/mol. The molecule has 0 saturated carbocycles. The van der Waals surface area contributed by atoms with E-state index in [0.717, 1.165) is 12.8 Å². The first-order valence-corrected chi connectivity index (χ1v) is 5.85. The van der Waals surface area contributed by atoms with E-state index >= 15 is 0 Å². The van der Waals surface area contributed by atoms with Crippen LogP contribution in [0.25, 0.3) is 0 Å². The van der Waals surface area contributed by atoms with Crippen molar-refractivity contribution < 1.29 is 9.18 Å². The summed E-state index contributed by atoms with van der Waals surface area (Å²) in [4.78, 5) is 12.0. The van der Waals surface area contributed by atoms with Gasteiger partial charge in [-0.2, -0.15) is 0 Å². The van der Waals surface area contributed by atoms with E-state index < -0.39 is 17.3 Å². The highest BCUT2D eigenvalue weighted by molar-refractivity contribution is 5.94. The van der Waals surface area contributed by atoms with Gasteiger partial charge in [0, 0.05) is 6.54 Å². The predicted octanol–water partition coefficient (Wildman–Crippen LogP) is 2.07. The van der Waals surface area contributed by atoms with E-state index in [2.05, 4.69) is 5.32 Å². The Balaban J connectivity index is 2.89. The summed E-state index contributed by atoms with van der Waals surface area (Å²) in [5.74, 6) is -0.916. The first kappa shape index (κ1) is 13.6. The summed E-state index contributed by atoms with van der Waals surface area (Å²) in [6.07, 6.45) is 1.44. The monoisotopic (exact) mass is 238 g/mol. The first-order valence-electron chi connectivity index (χ1n) is 5.85. The van der Waals surface area contributed by atoms with Crippen molar-refractivity contribution in [2.45, 2.75) is 32.2 Å². The van der Waals surface area contributed by atoms with Crippen LogP contribution in [-0.2, 0) is 0 Å². The van der Waals surface area contributed by atoms with Gasteiger partial charge in [0.05, 0.1) is 11.1 Å². The summed E-state index contributed by atoms with van der Waals surface area (Å²) < 4.78 is 13.4. The first-order chi connectivity index (χ1) is 8.08. The number of hydrogen-bond acceptors (Lipinski definition) is 2. The molecule has 0 aliphatic rings. The summed E-state index contributed by atoms with van der Waals surface area (Å²) >= 11 is 0. The molecule has 0 saturated heterocycles. The molecule has 1 aromatic rings. The zero-order chi connectivity index (χ0) is 12.9. The SMILES string of the molecule is CCC(CC)(CN)NC(=O)c1ccccc1F. The molecule has 0 aliphatic heterocycles. The molecule has 3 nitrogen and oxygen atoms in total. The molecule has 0 radical (unpaired) electrons. The van der Waals surface area contributed by atoms with Crippen LogP contribution in [-0.4, -0.2) is 18.0 Å². The van der Waals surface area contributed by atoms with Gasteiger partial charge in [0.2, 0.25) is 0 Å². The molecule has 94 valence electrons. The fraction of sp³-hybridized carbons (Fsp3) is 0.462. The Morgan fingerprint density at radius 3 is 2.41 bits per heavy atom. The average Bonchev–Trinajstić information content (AvgIpc) is 2.36. The number of carbonyl (C=O) groups excluding carboxylic acids is 1. The topological polar surface area (TPSA) is 55.1 Å². The summed E-state index contributed by atoms with van der Waals surface area (Å²) in [5.41, 5.74) is 5.30. The summed E-state index contributed by atoms with van der Waals surface area (Å²) in [6, 6.07) is 5.94. The van der Waals surface area contributed by atoms with Crippen molar-refractivity contribution in [1.82, 2.24) is 5.32 Å². The van der Waals surface area contributed by atoms with Crippen molar-refractivity contribution in [3.63, 3.8) is 0 Å². The lowest BCUT2D eigenvalue weighted by atomic mass is 9.92. The second-order valence-corrected chi connectivity index (χ2v) is 4.13. The van der Waals surface area contributed by atoms with Crippen LogP contribution in [0.5, 0.6) is 0 Å². The van der Waals surface area contributed by atoms with Crippen LogP contribution in [0.4, 0.5) is 4.39 Å². The summed E-state index contributed by atoms with van der Waals surface area (Å²) in [7, 11) is 0. The van der Waals surface area contributed by atoms with Crippen molar-refractivity contribution in [2.24, 2.45) is 5.73 Å². The van der Waals surface area contributed by atoms with Crippen molar-refractivity contribution in [1.29, 1.82) is 0 Å². The van der Waals surface area contributed by atoms with E-state index in [0.29, 0.717) is 6.54 Å². The second-order valence-electron chi connectivity index (χ2n) is 4.13. The van der Waals surface area contributed by atoms with Crippen molar-refractivity contribution >= 4 is 5.91 Å². The van der Waals surface area contributed by atoms with Gasteiger partial charge >= 0.3 is 0 Å². The molecule has 4 heteroatoms. The largest absolute Gasteiger partial charge is 0.345 e. The molecule has 0 heterocycles. The van der Waals surface area contributed by atoms with Gasteiger partial charge in [-0.3, -0.25) is 4.79 Å². The standard InChI is InChI=1S/C13H19FN2O/c1-3-13(4-2,9-15)16-12(17)10-7-5-6-8-11(10)14/h5-8H,3-4,9,15H2,1-2H3,(H,16,17). The van der Waals surface area contributed by atoms with Crippen molar-refractivity contribution in [3.8, 4) is 0 Å². The number of benzene rings is 1. The van der Waals surface area contributed by atoms with E-state index in [1.165, 1.54) is 12.1 Å². The van der Waals surface area contributed by atoms with Crippen LogP contribution in [0.15, 0.2) is 24.3 Å². The lowest BCUT2D eigenvalue weighted by molar-refractivity contribution is 0.0891. The molecular formula is C13H19FN2O. The Morgan fingerprint density at radius 1 is 1.35 bits per heavy atom. The van der Waals surface area contributed by atoms with Crippen LogP contribution in [0.3, 0.4) is 0 Å². The molecule has 0 aliphatic carbocycles. The number of nitrogens with two attached hydrogens (primary N) is 1. The van der Waals surface area contributed by atoms with Gasteiger partial charge in [0.25, 0.3) is 5.91 Å². The molecule has 17 heavy (non-hydrogen) atoms. The third-order valence-corrected chi connectivity index (χ3v) is 3.24. The Hall–Kier alpha value is -1.42. The van der Waals surface area contributed by atoms with Gasteiger partial charge in [-0.25, -0.2) is 4.39 Å². The number of carbonyl (C=O) groups is 1. The maximum atomic E-state index is 13.4. The third kappa shape index (κ3) is 3.03. The second kappa shape index (κ2) is 5.77. The Morgan fingerprint density at radius 2 is 1.94 bits per heavy atom. The molecule has 0 unspecified atom stereocenters. The summed E-state index contributed by atoms with van der Waals surface area (Å²) in [6.45, 7) is 4.26. The minimum atomic E-state index is -0.511. The van der Waals surface area contributed by atoms with Gasteiger partial charge in [-0.05, 0) is 25.0 Å². The maximum Gasteiger partial charge on any atom is 0.254 e. The molecular weight excluding hydrogens is 219 g/mol. The number of rotatable bonds is 5. The lowest BCUT2D eigenvalue weighted by Crippen LogP contribution is -2.53. The molecule has 0 aromatic heterocycles. The highest BCUT2D eigenvalue weighted by Crippen LogP contribution is 2.15. The molecule has 0 fully saturated rings. The molecule has 0 bridgehead atoms. The highest BCUT2D eigenvalue weighted by atomic mass is 19.1. The van der Waals surface area contributed by atoms with Crippen LogP contribution in [0.1, 0.15) is 37.0 Å². The Kier molecular flexibility index (Phi) is 4.63. The van der Waals surface area contributed by atoms with E-state index in [9.17, 15) is 9.18 Å². The minimum absolute atomic E-state index is 0.0622. The predicted molar refractivity (Wildman–Crippen MR) is 66.2 cm³/mol. The summed E-state index contributed by atoms with van der Waals surface area (Å²) in [5, 5.41) is 2.83. The van der Waals surface area contributed by atoms with Gasteiger partial charge < -0.3 is 11.1 Å². The van der Waals surface area contributed by atoms with Crippen molar-refractivity contribution in [3.05, 3.63) is 35.6 Å². The fourth-order valence-corrected chi connectivity index (χ4v) is 1.72. The molecule has 1 aromatic carbocycles. The quantitative estimate of drug-likeness (QED) is 0.825. The zero-order valence-electron chi connectivity index (χ0n) is 10.3. The van der Waals surface area contributed by atoms with Crippen molar-refractivity contribution in [2.75, 3.05) is 6.54 Å². The molecule has 0 atom stereocenters. The molecule has 0 spiro atoms. The zero-order valence-corrected chi connectivity index (χ0v) is 10.3. The number of nitrogens with one attached hydrogen (secondary N) is 1. The number of hydrogen-bond donors (Lipinski definition) is 2. The maximum absolute atomic E-state index is 13.4. The van der Waals surface area contributed by atoms with E-state index in [1.54, 1.807) is 12.1 Å². The van der Waals surface area contributed by atoms with Gasteiger partial charge in [0.1, 0.15) is 5.82 Å². The minimum Gasteiger partial charge on any atom is -0.345 e. The van der Waals surface area contributed by atoms with Gasteiger partial charge in [0.15, 0.2) is 0 Å². The van der Waals surface area contributed by atoms with E-state index in [-0.39, 0.29) is 5.56 Å². The van der Waals surface area contributed by atoms with Crippen LogP contribution in [0.2, 0.25) is 0 Å². The lowest BCUT2D eigenvalue weighted by Gasteiger charge is -2.31. The number of amides is 1.